The number of aromatic nitrogens is 21. The number of nitrogen functional groups attached to an aromatic ring is 1. The van der Waals surface area contributed by atoms with Gasteiger partial charge in [0.2, 0.25) is 0 Å². The molecule has 134 heavy (non-hydrogen) atoms. The Labute approximate surface area is 859 Å². The topological polar surface area (TPSA) is 358 Å². The molecule has 0 fully saturated rings. The smallest absolute Gasteiger partial charge is 0.488 e. The summed E-state index contributed by atoms with van der Waals surface area (Å²) >= 11 is 17.8. The van der Waals surface area contributed by atoms with Crippen molar-refractivity contribution in [1.82, 2.24) is 98.6 Å². The quantitative estimate of drug-likeness (QED) is 0.00545. The summed E-state index contributed by atoms with van der Waals surface area (Å²) in [6.07, 6.45) is 22.3. The number of thiazole rings is 4. The van der Waals surface area contributed by atoms with Gasteiger partial charge in [-0.15, -0.1) is 60.6 Å². The molecule has 0 aliphatic carbocycles. The average molecular weight is 2420 g/mol. The summed E-state index contributed by atoms with van der Waals surface area (Å²) in [6.45, 7) is 39.4. The third-order valence-electron chi connectivity index (χ3n) is 20.0. The van der Waals surface area contributed by atoms with Crippen LogP contribution >= 0.6 is 109 Å². The van der Waals surface area contributed by atoms with E-state index in [0.29, 0.717) is 49.0 Å². The molecular weight excluding hydrogens is 2300 g/mol. The molecule has 15 rings (SSSR count). The van der Waals surface area contributed by atoms with Crippen LogP contribution in [0.3, 0.4) is 0 Å². The molecule has 0 saturated heterocycles. The molecular formula is C91H120BBr4IN22O7S4Si3Sn. The zero-order valence-corrected chi connectivity index (χ0v) is 96.3. The van der Waals surface area contributed by atoms with Gasteiger partial charge in [0.15, 0.2) is 44.6 Å². The molecule has 0 aliphatic heterocycles. The number of nitrogens with one attached hydrogen (secondary N) is 1. The molecule has 0 bridgehead atoms. The Bertz CT molecular complexity index is 6160. The largest absolute Gasteiger partial charge is 1.00 e. The number of fused-ring (bicyclic) bond motifs is 2. The van der Waals surface area contributed by atoms with Gasteiger partial charge < -0.3 is 58.4 Å². The summed E-state index contributed by atoms with van der Waals surface area (Å²) in [5.41, 5.74) is 9.81. The zero-order chi connectivity index (χ0) is 96.3. The van der Waals surface area contributed by atoms with Crippen molar-refractivity contribution in [2.24, 2.45) is 0 Å². The number of aliphatic hydroxyl groups is 2. The van der Waals surface area contributed by atoms with Crippen LogP contribution in [0.2, 0.25) is 90.4 Å². The van der Waals surface area contributed by atoms with Crippen LogP contribution in [0.5, 0.6) is 0 Å². The minimum atomic E-state index is -2.02. The van der Waals surface area contributed by atoms with Gasteiger partial charge >= 0.3 is 115 Å². The molecule has 7 N–H and O–H groups in total. The van der Waals surface area contributed by atoms with Crippen molar-refractivity contribution in [3.05, 3.63) is 198 Å². The van der Waals surface area contributed by atoms with Gasteiger partial charge in [0.25, 0.3) is 0 Å². The van der Waals surface area contributed by atoms with Gasteiger partial charge in [-0.25, -0.2) is 68.8 Å². The molecule has 0 amide bonds. The molecule has 0 atom stereocenters. The third kappa shape index (κ3) is 35.9. The number of rotatable bonds is 34. The van der Waals surface area contributed by atoms with Crippen LogP contribution < -0.4 is 40.0 Å². The molecule has 714 valence electrons. The van der Waals surface area contributed by atoms with Gasteiger partial charge in [0.1, 0.15) is 84.0 Å². The summed E-state index contributed by atoms with van der Waals surface area (Å²) < 4.78 is 38.8. The van der Waals surface area contributed by atoms with E-state index in [1.165, 1.54) is 85.5 Å². The number of pyridine rings is 3. The number of unbranched alkanes of at least 4 members (excludes halogenated alkanes) is 3. The van der Waals surface area contributed by atoms with Gasteiger partial charge in [0.05, 0.1) is 57.3 Å². The minimum absolute atomic E-state index is 0. The van der Waals surface area contributed by atoms with Gasteiger partial charge in [-0.3, -0.25) is 5.10 Å². The van der Waals surface area contributed by atoms with Gasteiger partial charge in [-0.1, -0.05) is 136 Å². The van der Waals surface area contributed by atoms with Crippen LogP contribution in [-0.2, 0) is 47.6 Å². The first-order valence-corrected chi connectivity index (χ1v) is 68.9. The van der Waals surface area contributed by atoms with Crippen LogP contribution in [0, 0.1) is 35.5 Å². The summed E-state index contributed by atoms with van der Waals surface area (Å²) in [4.78, 5) is 39.3. The molecule has 0 spiro atoms. The van der Waals surface area contributed by atoms with Crippen LogP contribution in [0.1, 0.15) is 101 Å². The fraction of sp³-hybridized carbons (Fsp3) is 0.396. The van der Waals surface area contributed by atoms with Crippen molar-refractivity contribution in [2.75, 3.05) is 25.7 Å². The number of nitrogens with zero attached hydrogens (tertiary/aromatic N) is 20. The van der Waals surface area contributed by atoms with Crippen LogP contribution in [0.25, 0.3) is 86.2 Å². The minimum Gasteiger partial charge on any atom is -1.00 e. The van der Waals surface area contributed by atoms with E-state index in [0.717, 1.165) is 146 Å². The normalized spacial score (nSPS) is 11.2. The number of hydrogen-bond donors (Lipinski definition) is 6. The van der Waals surface area contributed by atoms with E-state index in [1.807, 2.05) is 108 Å². The van der Waals surface area contributed by atoms with Gasteiger partial charge in [-0.05, 0) is 149 Å². The fourth-order valence-corrected chi connectivity index (χ4v) is 35.2. The van der Waals surface area contributed by atoms with E-state index in [9.17, 15) is 5.11 Å². The maximum atomic E-state index is 9.32. The second-order valence-electron chi connectivity index (χ2n) is 34.5. The number of aliphatic hydroxyl groups excluding tert-OH is 2. The summed E-state index contributed by atoms with van der Waals surface area (Å²) in [5, 5.41) is 67.4. The van der Waals surface area contributed by atoms with Crippen LogP contribution in [-0.4, -0.2) is 188 Å². The molecule has 13 heterocycles. The first-order chi connectivity index (χ1) is 63.7. The predicted molar refractivity (Wildman–Crippen MR) is 563 cm³/mol. The monoisotopic (exact) mass is 2420 g/mol. The van der Waals surface area contributed by atoms with E-state index in [2.05, 4.69) is 244 Å². The van der Waals surface area contributed by atoms with E-state index in [4.69, 9.17) is 45.2 Å². The van der Waals surface area contributed by atoms with Crippen molar-refractivity contribution in [2.45, 2.75) is 211 Å². The Morgan fingerprint density at radius 3 is 1.34 bits per heavy atom. The number of aryl methyl sites for hydroxylation is 2. The molecule has 0 aliphatic rings. The van der Waals surface area contributed by atoms with E-state index >= 15 is 0 Å². The first-order valence-electron chi connectivity index (χ1n) is 43.8. The Morgan fingerprint density at radius 2 is 0.948 bits per heavy atom. The van der Waals surface area contributed by atoms with Crippen molar-refractivity contribution in [3.8, 4) is 96.9 Å². The molecule has 29 nitrogen and oxygen atoms in total. The summed E-state index contributed by atoms with van der Waals surface area (Å²) in [7, 11) is -4.60. The van der Waals surface area contributed by atoms with Crippen molar-refractivity contribution < 1.29 is 63.1 Å². The second kappa shape index (κ2) is 56.2. The maximum absolute atomic E-state index is 9.32. The number of halogens is 5. The molecule has 43 heteroatoms. The number of H-pyrrole nitrogens is 1. The number of nitrogens with two attached hydrogens (primary N) is 1. The van der Waals surface area contributed by atoms with E-state index in [1.54, 1.807) is 99.3 Å². The van der Waals surface area contributed by atoms with E-state index < -0.39 is 49.7 Å². The Kier molecular flexibility index (Phi) is 47.0. The molecule has 0 saturated carbocycles. The standard InChI is InChI=1S/C20H16N6OS.C19H23BrN6OSSi.C14H19BrN4OSSi.C11H16Br2N4OSSi.C7H9BO3.C5H7N2.3C4H9.C3H3.HI.Sn/c1-12-16(15-4-2-3-9-26(15)25-12)20-23-17(14-7-5-13(10-27)6-8-14)18(28-20)19-21-11-22-24-19;1-13-15(14-7-5-6-8-26(14)23-13)19-22-17(20)16(28-19)18-21-11-25(24-18)12-27-9-10-29(2,3)4;1-5-6-11-17-13(15)12(21-11)14-16-9-19(18-14)10-20-7-8-22(2,3)4;1-20(2,3)5-4-18-7-17-6-14-10(16-17)8-9(12)15-11(13)19-8;9-5-6-1-3-7(4-2-6)8(10)11;6-7-4-2-1-3-5-7;3*1-3-4-2;1-3-2;;/h2-9,11,27H,10H2,1H3,(H,21,22,24);5-8,11H,9-10,12H2,1-4H3;9H,7-8,10H2,1-4H3;6H,4-5,7H2,1-3H3;1-4,9-11H,5H2;1-5H,6H2;3*1,3-4H2,2H3;1H3;1H;/q;;;;;+1;;;;;;/p-1. The summed E-state index contributed by atoms with van der Waals surface area (Å²) in [6, 6.07) is 35.3. The van der Waals surface area contributed by atoms with Crippen molar-refractivity contribution in [3.63, 3.8) is 0 Å². The first kappa shape index (κ1) is 112. The molecule has 2 aromatic carbocycles. The number of benzene rings is 2. The molecule has 13 aromatic heterocycles. The summed E-state index contributed by atoms with van der Waals surface area (Å²) in [5.74, 6) is 17.0. The predicted octanol–water partition coefficient (Wildman–Crippen LogP) is 17.8. The number of ether oxygens (including phenoxy) is 3. The molecule has 0 radical (unpaired) electrons. The van der Waals surface area contributed by atoms with Gasteiger partial charge in [-0.2, -0.15) is 15.3 Å². The molecule has 15 aromatic rings. The Hall–Kier alpha value is -7.15. The third-order valence-corrected chi connectivity index (χ3v) is 45.7. The fourth-order valence-electron chi connectivity index (χ4n) is 12.8. The number of aromatic amines is 1. The SMILES string of the molecule is CC#Cc1nc(Br)c(-c2ncn(COCC[Si](C)(C)C)n2)s1.CC#[C][Sn]([CH2]CCC)([CH2]CCC)[CH2]CCC.C[Si](C)(C)CCOCn1cnc(-c2sc(Br)nc2Br)n1.Cc1nn2ccccc2c1-c1nc(-c2ccc(CO)cc2)c(-c2ncn[nH]2)s1.Cc1nn2ccccc2c1-c1nc(Br)c(-c2ncn(COCC[Si](C)(C)C)n2)s1.N[n+]1ccccc1.OCc1ccc(B(O)O)cc1.[I-]. The maximum Gasteiger partial charge on any atom is 0.488 e. The molecule has 0 unspecified atom stereocenters. The van der Waals surface area contributed by atoms with Gasteiger partial charge in [0, 0.05) is 74.1 Å². The Morgan fingerprint density at radius 1 is 0.515 bits per heavy atom. The van der Waals surface area contributed by atoms with Crippen molar-refractivity contribution in [1.29, 1.82) is 0 Å². The van der Waals surface area contributed by atoms with E-state index in [-0.39, 0.29) is 37.2 Å². The number of hydrogen-bond acceptors (Lipinski definition) is 26. The van der Waals surface area contributed by atoms with Crippen LogP contribution in [0.15, 0.2) is 171 Å². The Balaban J connectivity index is 0.000000199. The average Bonchev–Trinajstić information content (AvgIpc) is 1.49. The zero-order valence-electron chi connectivity index (χ0n) is 78.7. The van der Waals surface area contributed by atoms with Crippen LogP contribution in [0.4, 0.5) is 0 Å². The second-order valence-corrected chi connectivity index (χ2v) is 71.2. The van der Waals surface area contributed by atoms with Crippen molar-refractivity contribution >= 4 is 175 Å².